The average molecular weight is 346 g/mol. The molecule has 0 aliphatic heterocycles. The Morgan fingerprint density at radius 2 is 1.80 bits per heavy atom. The molecule has 0 spiro atoms. The Kier molecular flexibility index (Phi) is 4.92. The number of phenols is 1. The van der Waals surface area contributed by atoms with Crippen LogP contribution in [0.5, 0.6) is 17.5 Å². The number of aromatic nitrogens is 1. The molecule has 25 heavy (non-hydrogen) atoms. The van der Waals surface area contributed by atoms with E-state index in [0.29, 0.717) is 5.71 Å². The average Bonchev–Trinajstić information content (AvgIpc) is 2.73. The Bertz CT molecular complexity index is 849. The molecule has 1 aromatic heterocycles. The van der Waals surface area contributed by atoms with E-state index in [1.807, 2.05) is 0 Å². The lowest BCUT2D eigenvalue weighted by Gasteiger charge is -2.14. The lowest BCUT2D eigenvalue weighted by molar-refractivity contribution is 0.0824. The van der Waals surface area contributed by atoms with Crippen molar-refractivity contribution in [3.63, 3.8) is 0 Å². The standard InChI is InChI=1S/C17H22N4O4/c1-9(2)18-12-13(17(25)21(5)16(12)24)19-11-8-6-7-10(14(11)22)15(23)20(3)4/h6-8,19,22,24-25H,1-5H3. The molecule has 0 radical (unpaired) electrons. The highest BCUT2D eigenvalue weighted by Gasteiger charge is 2.23. The molecule has 134 valence electrons. The lowest BCUT2D eigenvalue weighted by Crippen LogP contribution is -2.21. The fourth-order valence-electron chi connectivity index (χ4n) is 2.28. The van der Waals surface area contributed by atoms with E-state index in [2.05, 4.69) is 10.3 Å². The minimum Gasteiger partial charge on any atom is -0.505 e. The van der Waals surface area contributed by atoms with Crippen LogP contribution in [0, 0.1) is 0 Å². The van der Waals surface area contributed by atoms with E-state index in [-0.39, 0.29) is 46.0 Å². The Hall–Kier alpha value is -3.16. The fraction of sp³-hybridized carbons (Fsp3) is 0.294. The lowest BCUT2D eigenvalue weighted by atomic mass is 10.1. The summed E-state index contributed by atoms with van der Waals surface area (Å²) in [6.45, 7) is 3.50. The number of aromatic hydroxyl groups is 3. The van der Waals surface area contributed by atoms with E-state index in [9.17, 15) is 20.1 Å². The highest BCUT2D eigenvalue weighted by Crippen LogP contribution is 2.47. The third kappa shape index (κ3) is 3.37. The second-order valence-electron chi connectivity index (χ2n) is 6.02. The first kappa shape index (κ1) is 18.2. The first-order chi connectivity index (χ1) is 11.6. The maximum Gasteiger partial charge on any atom is 0.257 e. The molecule has 1 amide bonds. The van der Waals surface area contributed by atoms with Crippen LogP contribution >= 0.6 is 0 Å². The van der Waals surface area contributed by atoms with Gasteiger partial charge in [-0.05, 0) is 26.0 Å². The summed E-state index contributed by atoms with van der Waals surface area (Å²) in [7, 11) is 4.64. The van der Waals surface area contributed by atoms with Crippen LogP contribution in [0.2, 0.25) is 0 Å². The van der Waals surface area contributed by atoms with Gasteiger partial charge in [-0.2, -0.15) is 0 Å². The zero-order valence-corrected chi connectivity index (χ0v) is 14.8. The van der Waals surface area contributed by atoms with Gasteiger partial charge < -0.3 is 25.5 Å². The van der Waals surface area contributed by atoms with Gasteiger partial charge >= 0.3 is 0 Å². The summed E-state index contributed by atoms with van der Waals surface area (Å²) < 4.78 is 1.16. The maximum absolute atomic E-state index is 12.1. The summed E-state index contributed by atoms with van der Waals surface area (Å²) in [4.78, 5) is 17.7. The summed E-state index contributed by atoms with van der Waals surface area (Å²) in [6, 6.07) is 4.66. The number of aliphatic imine (C=N–C) groups is 1. The Morgan fingerprint density at radius 1 is 1.16 bits per heavy atom. The van der Waals surface area contributed by atoms with Gasteiger partial charge in [0.25, 0.3) is 5.91 Å². The van der Waals surface area contributed by atoms with Crippen LogP contribution in [0.4, 0.5) is 17.1 Å². The normalized spacial score (nSPS) is 10.4. The van der Waals surface area contributed by atoms with Gasteiger partial charge in [0.05, 0.1) is 11.3 Å². The fourth-order valence-corrected chi connectivity index (χ4v) is 2.28. The molecule has 0 fully saturated rings. The Balaban J connectivity index is 2.55. The minimum absolute atomic E-state index is 0.117. The zero-order valence-electron chi connectivity index (χ0n) is 14.8. The zero-order chi connectivity index (χ0) is 18.9. The summed E-state index contributed by atoms with van der Waals surface area (Å²) in [5.74, 6) is -1.08. The number of para-hydroxylation sites is 1. The van der Waals surface area contributed by atoms with Crippen molar-refractivity contribution in [2.24, 2.45) is 12.0 Å². The number of phenolic OH excluding ortho intramolecular Hbond substituents is 1. The maximum atomic E-state index is 12.1. The van der Waals surface area contributed by atoms with Crippen LogP contribution in [0.15, 0.2) is 23.2 Å². The Labute approximate surface area is 145 Å². The molecule has 0 saturated carbocycles. The number of anilines is 2. The van der Waals surface area contributed by atoms with Gasteiger partial charge in [0.2, 0.25) is 11.8 Å². The van der Waals surface area contributed by atoms with Gasteiger partial charge in [-0.3, -0.25) is 14.4 Å². The topological polar surface area (TPSA) is 110 Å². The predicted octanol–water partition coefficient (Wildman–Crippen LogP) is 2.70. The van der Waals surface area contributed by atoms with E-state index in [0.717, 1.165) is 4.57 Å². The van der Waals surface area contributed by atoms with Gasteiger partial charge in [0, 0.05) is 26.9 Å². The third-order valence-electron chi connectivity index (χ3n) is 3.58. The summed E-state index contributed by atoms with van der Waals surface area (Å²) in [6.07, 6.45) is 0. The van der Waals surface area contributed by atoms with Crippen LogP contribution in [0.25, 0.3) is 0 Å². The predicted molar refractivity (Wildman–Crippen MR) is 96.6 cm³/mol. The Morgan fingerprint density at radius 3 is 2.36 bits per heavy atom. The number of nitrogens with one attached hydrogen (secondary N) is 1. The van der Waals surface area contributed by atoms with E-state index >= 15 is 0 Å². The first-order valence-corrected chi connectivity index (χ1v) is 7.58. The third-order valence-corrected chi connectivity index (χ3v) is 3.58. The van der Waals surface area contributed by atoms with Gasteiger partial charge in [-0.15, -0.1) is 0 Å². The quantitative estimate of drug-likeness (QED) is 0.502. The molecule has 2 aromatic rings. The van der Waals surface area contributed by atoms with E-state index in [4.69, 9.17) is 0 Å². The summed E-state index contributed by atoms with van der Waals surface area (Å²) in [5.41, 5.74) is 1.27. The molecule has 0 aliphatic rings. The van der Waals surface area contributed by atoms with Crippen molar-refractivity contribution < 1.29 is 20.1 Å². The van der Waals surface area contributed by atoms with Gasteiger partial charge in [0.1, 0.15) is 5.69 Å². The van der Waals surface area contributed by atoms with Crippen molar-refractivity contribution in [3.8, 4) is 17.5 Å². The van der Waals surface area contributed by atoms with E-state index in [1.54, 1.807) is 40.1 Å². The van der Waals surface area contributed by atoms with Crippen LogP contribution in [-0.2, 0) is 7.05 Å². The molecule has 0 unspecified atom stereocenters. The largest absolute Gasteiger partial charge is 0.505 e. The van der Waals surface area contributed by atoms with Crippen LogP contribution in [0.1, 0.15) is 24.2 Å². The first-order valence-electron chi connectivity index (χ1n) is 7.58. The van der Waals surface area contributed by atoms with Crippen LogP contribution < -0.4 is 5.32 Å². The summed E-state index contributed by atoms with van der Waals surface area (Å²) in [5, 5.41) is 33.7. The number of benzene rings is 1. The molecule has 8 nitrogen and oxygen atoms in total. The van der Waals surface area contributed by atoms with Gasteiger partial charge in [-0.1, -0.05) is 6.07 Å². The highest BCUT2D eigenvalue weighted by atomic mass is 16.3. The SMILES string of the molecule is CC(C)=Nc1c(Nc2cccc(C(=O)N(C)C)c2O)c(O)n(C)c1O. The summed E-state index contributed by atoms with van der Waals surface area (Å²) >= 11 is 0. The number of carbonyl (C=O) groups excluding carboxylic acids is 1. The van der Waals surface area contributed by atoms with E-state index < -0.39 is 0 Å². The number of carbonyl (C=O) groups is 1. The van der Waals surface area contributed by atoms with Crippen LogP contribution in [0.3, 0.4) is 0 Å². The molecule has 0 aliphatic carbocycles. The minimum atomic E-state index is -0.357. The van der Waals surface area contributed by atoms with Crippen molar-refractivity contribution in [2.75, 3.05) is 19.4 Å². The molecule has 8 heteroatoms. The number of amides is 1. The van der Waals surface area contributed by atoms with Crippen molar-refractivity contribution >= 4 is 28.7 Å². The van der Waals surface area contributed by atoms with Crippen LogP contribution in [-0.4, -0.2) is 50.5 Å². The smallest absolute Gasteiger partial charge is 0.257 e. The van der Waals surface area contributed by atoms with Gasteiger partial charge in [0.15, 0.2) is 11.4 Å². The molecule has 0 atom stereocenters. The van der Waals surface area contributed by atoms with E-state index in [1.165, 1.54) is 18.0 Å². The number of hydrogen-bond acceptors (Lipinski definition) is 6. The molecule has 1 heterocycles. The molecular weight excluding hydrogens is 324 g/mol. The molecule has 0 saturated heterocycles. The van der Waals surface area contributed by atoms with Crippen molar-refractivity contribution in [1.29, 1.82) is 0 Å². The monoisotopic (exact) mass is 346 g/mol. The second kappa shape index (κ2) is 6.76. The molecule has 0 bridgehead atoms. The van der Waals surface area contributed by atoms with Crippen molar-refractivity contribution in [1.82, 2.24) is 9.47 Å². The van der Waals surface area contributed by atoms with Crippen molar-refractivity contribution in [3.05, 3.63) is 23.8 Å². The highest BCUT2D eigenvalue weighted by molar-refractivity contribution is 5.99. The van der Waals surface area contributed by atoms with Crippen molar-refractivity contribution in [2.45, 2.75) is 13.8 Å². The second-order valence-corrected chi connectivity index (χ2v) is 6.02. The molecular formula is C17H22N4O4. The number of hydrogen-bond donors (Lipinski definition) is 4. The number of rotatable bonds is 4. The molecule has 2 rings (SSSR count). The van der Waals surface area contributed by atoms with Gasteiger partial charge in [-0.25, -0.2) is 0 Å². The number of nitrogens with zero attached hydrogens (tertiary/aromatic N) is 3. The molecule has 4 N–H and O–H groups in total. The molecule has 1 aromatic carbocycles.